The van der Waals surface area contributed by atoms with Gasteiger partial charge in [-0.05, 0) is 61.8 Å². The Balaban J connectivity index is 1.14. The fourth-order valence-corrected chi connectivity index (χ4v) is 5.20. The first-order valence-electron chi connectivity index (χ1n) is 11.6. The molecule has 3 aliphatic rings. The normalized spacial score (nSPS) is 19.7. The number of ether oxygens (including phenoxy) is 2. The monoisotopic (exact) mass is 487 g/mol. The molecule has 9 heteroatoms. The lowest BCUT2D eigenvalue weighted by Crippen LogP contribution is -2.47. The molecule has 2 saturated heterocycles. The van der Waals surface area contributed by atoms with Gasteiger partial charge in [-0.1, -0.05) is 11.6 Å². The van der Waals surface area contributed by atoms with E-state index in [2.05, 4.69) is 10.2 Å². The topological polar surface area (TPSA) is 71.1 Å². The smallest absolute Gasteiger partial charge is 0.256 e. The summed E-state index contributed by atoms with van der Waals surface area (Å²) >= 11 is 6.19. The van der Waals surface area contributed by atoms with Crippen molar-refractivity contribution < 1.29 is 23.5 Å². The first-order valence-corrected chi connectivity index (χ1v) is 12.0. The van der Waals surface area contributed by atoms with E-state index in [9.17, 15) is 14.0 Å². The van der Waals surface area contributed by atoms with E-state index in [-0.39, 0.29) is 17.4 Å². The maximum absolute atomic E-state index is 14.6. The highest BCUT2D eigenvalue weighted by atomic mass is 35.5. The van der Waals surface area contributed by atoms with Crippen molar-refractivity contribution in [2.75, 3.05) is 57.9 Å². The molecule has 34 heavy (non-hydrogen) atoms. The number of likely N-dealkylation sites (tertiary alicyclic amines) is 1. The van der Waals surface area contributed by atoms with Crippen molar-refractivity contribution in [1.29, 1.82) is 0 Å². The highest BCUT2D eigenvalue weighted by Gasteiger charge is 2.48. The maximum atomic E-state index is 14.6. The number of nitrogens with zero attached hydrogens (tertiary/aromatic N) is 2. The summed E-state index contributed by atoms with van der Waals surface area (Å²) in [7, 11) is 0. The minimum atomic E-state index is -0.585. The first-order chi connectivity index (χ1) is 16.5. The molecule has 1 N–H and O–H groups in total. The van der Waals surface area contributed by atoms with Gasteiger partial charge in [0.1, 0.15) is 18.2 Å². The average molecular weight is 488 g/mol. The summed E-state index contributed by atoms with van der Waals surface area (Å²) in [5.74, 6) is -0.474. The molecule has 180 valence electrons. The van der Waals surface area contributed by atoms with Crippen LogP contribution in [0.25, 0.3) is 0 Å². The van der Waals surface area contributed by atoms with Gasteiger partial charge in [0, 0.05) is 36.4 Å². The molecule has 0 aliphatic carbocycles. The van der Waals surface area contributed by atoms with Gasteiger partial charge in [-0.2, -0.15) is 0 Å². The van der Waals surface area contributed by atoms with Gasteiger partial charge in [-0.15, -0.1) is 0 Å². The molecule has 3 aliphatic heterocycles. The number of halogens is 2. The molecule has 0 bridgehead atoms. The Labute approximate surface area is 202 Å². The number of rotatable bonds is 5. The van der Waals surface area contributed by atoms with Gasteiger partial charge in [0.2, 0.25) is 5.91 Å². The molecule has 7 nitrogen and oxygen atoms in total. The van der Waals surface area contributed by atoms with Crippen molar-refractivity contribution in [3.63, 3.8) is 0 Å². The van der Waals surface area contributed by atoms with Crippen molar-refractivity contribution in [3.05, 3.63) is 58.4 Å². The average Bonchev–Trinajstić information content (AvgIpc) is 3.11. The van der Waals surface area contributed by atoms with Crippen LogP contribution in [0.4, 0.5) is 10.1 Å². The SMILES string of the molecule is O=C(c1ccc(OCCN2CCC3(CC2)C(=O)Nc2ccc(Cl)cc23)cc1F)N1CCOCC1. The minimum Gasteiger partial charge on any atom is -0.492 e. The summed E-state index contributed by atoms with van der Waals surface area (Å²) in [4.78, 5) is 29.1. The van der Waals surface area contributed by atoms with Crippen LogP contribution in [-0.4, -0.2) is 74.2 Å². The second kappa shape index (κ2) is 9.52. The molecule has 2 amide bonds. The summed E-state index contributed by atoms with van der Waals surface area (Å²) in [6.07, 6.45) is 1.41. The largest absolute Gasteiger partial charge is 0.492 e. The zero-order chi connectivity index (χ0) is 23.7. The second-order valence-corrected chi connectivity index (χ2v) is 9.40. The first kappa shape index (κ1) is 23.1. The Morgan fingerprint density at radius 2 is 1.88 bits per heavy atom. The van der Waals surface area contributed by atoms with E-state index < -0.39 is 11.2 Å². The fourth-order valence-electron chi connectivity index (χ4n) is 5.03. The highest BCUT2D eigenvalue weighted by molar-refractivity contribution is 6.31. The molecule has 0 atom stereocenters. The van der Waals surface area contributed by atoms with Crippen LogP contribution < -0.4 is 10.1 Å². The molecule has 2 aromatic carbocycles. The van der Waals surface area contributed by atoms with Crippen LogP contribution in [0.3, 0.4) is 0 Å². The van der Waals surface area contributed by atoms with Gasteiger partial charge in [0.25, 0.3) is 5.91 Å². The van der Waals surface area contributed by atoms with Crippen LogP contribution in [0.1, 0.15) is 28.8 Å². The van der Waals surface area contributed by atoms with E-state index in [4.69, 9.17) is 21.1 Å². The van der Waals surface area contributed by atoms with Gasteiger partial charge in [0.15, 0.2) is 0 Å². The Bertz CT molecular complexity index is 1100. The van der Waals surface area contributed by atoms with Gasteiger partial charge in [-0.25, -0.2) is 4.39 Å². The molecule has 0 radical (unpaired) electrons. The number of carbonyl (C=O) groups is 2. The summed E-state index contributed by atoms with van der Waals surface area (Å²) < 4.78 is 25.6. The van der Waals surface area contributed by atoms with Crippen LogP contribution in [0.15, 0.2) is 36.4 Å². The van der Waals surface area contributed by atoms with Gasteiger partial charge < -0.3 is 19.7 Å². The summed E-state index contributed by atoms with van der Waals surface area (Å²) in [6.45, 7) is 4.43. The van der Waals surface area contributed by atoms with Crippen LogP contribution in [0, 0.1) is 5.82 Å². The molecule has 3 heterocycles. The Morgan fingerprint density at radius 3 is 2.62 bits per heavy atom. The summed E-state index contributed by atoms with van der Waals surface area (Å²) in [5, 5.41) is 3.63. The number of nitrogens with one attached hydrogen (secondary N) is 1. The van der Waals surface area contributed by atoms with E-state index in [0.29, 0.717) is 63.1 Å². The number of morpholine rings is 1. The summed E-state index contributed by atoms with van der Waals surface area (Å²) in [5.41, 5.74) is 1.36. The van der Waals surface area contributed by atoms with Crippen LogP contribution in [0.2, 0.25) is 5.02 Å². The van der Waals surface area contributed by atoms with Crippen LogP contribution in [0.5, 0.6) is 5.75 Å². The molecular formula is C25H27ClFN3O4. The molecule has 0 unspecified atom stereocenters. The molecule has 0 saturated carbocycles. The number of carbonyl (C=O) groups excluding carboxylic acids is 2. The van der Waals surface area contributed by atoms with Crippen molar-refractivity contribution >= 4 is 29.1 Å². The second-order valence-electron chi connectivity index (χ2n) is 8.96. The van der Waals surface area contributed by atoms with E-state index in [1.165, 1.54) is 12.1 Å². The number of hydrogen-bond donors (Lipinski definition) is 1. The number of fused-ring (bicyclic) bond motifs is 2. The minimum absolute atomic E-state index is 0.0443. The molecule has 0 aromatic heterocycles. The molecular weight excluding hydrogens is 461 g/mol. The molecule has 2 aromatic rings. The number of benzene rings is 2. The molecule has 2 fully saturated rings. The lowest BCUT2D eigenvalue weighted by molar-refractivity contribution is -0.122. The van der Waals surface area contributed by atoms with Crippen LogP contribution in [-0.2, 0) is 14.9 Å². The third-order valence-electron chi connectivity index (χ3n) is 7.04. The van der Waals surface area contributed by atoms with E-state index in [1.807, 2.05) is 12.1 Å². The van der Waals surface area contributed by atoms with Gasteiger partial charge >= 0.3 is 0 Å². The van der Waals surface area contributed by atoms with Gasteiger partial charge in [-0.3, -0.25) is 14.5 Å². The molecule has 1 spiro atoms. The number of anilines is 1. The lowest BCUT2D eigenvalue weighted by Gasteiger charge is -2.38. The van der Waals surface area contributed by atoms with Gasteiger partial charge in [0.05, 0.1) is 24.2 Å². The number of hydrogen-bond acceptors (Lipinski definition) is 5. The quantitative estimate of drug-likeness (QED) is 0.700. The third-order valence-corrected chi connectivity index (χ3v) is 7.27. The van der Waals surface area contributed by atoms with E-state index >= 15 is 0 Å². The zero-order valence-electron chi connectivity index (χ0n) is 18.8. The Hall–Kier alpha value is -2.68. The number of amides is 2. The Morgan fingerprint density at radius 1 is 1.12 bits per heavy atom. The van der Waals surface area contributed by atoms with E-state index in [0.717, 1.165) is 24.3 Å². The van der Waals surface area contributed by atoms with Crippen molar-refractivity contribution in [3.8, 4) is 5.75 Å². The van der Waals surface area contributed by atoms with Crippen LogP contribution >= 0.6 is 11.6 Å². The predicted octanol–water partition coefficient (Wildman–Crippen LogP) is 3.32. The highest BCUT2D eigenvalue weighted by Crippen LogP contribution is 2.45. The van der Waals surface area contributed by atoms with Crippen molar-refractivity contribution in [2.45, 2.75) is 18.3 Å². The standard InChI is InChI=1S/C25H27ClFN3O4/c26-17-1-4-22-20(15-17)25(24(32)28-22)5-7-29(8-6-25)9-14-34-18-2-3-19(21(27)16-18)23(31)30-10-12-33-13-11-30/h1-4,15-16H,5-14H2,(H,28,32). The number of piperidine rings is 1. The molecule has 5 rings (SSSR count). The Kier molecular flexibility index (Phi) is 6.46. The third kappa shape index (κ3) is 4.37. The zero-order valence-corrected chi connectivity index (χ0v) is 19.6. The maximum Gasteiger partial charge on any atom is 0.256 e. The van der Waals surface area contributed by atoms with Crippen molar-refractivity contribution in [2.24, 2.45) is 0 Å². The van der Waals surface area contributed by atoms with E-state index in [1.54, 1.807) is 17.0 Å². The van der Waals surface area contributed by atoms with Crippen molar-refractivity contribution in [1.82, 2.24) is 9.80 Å². The summed E-state index contributed by atoms with van der Waals surface area (Å²) in [6, 6.07) is 9.93. The predicted molar refractivity (Wildman–Crippen MR) is 126 cm³/mol. The fraction of sp³-hybridized carbons (Fsp3) is 0.440. The lowest BCUT2D eigenvalue weighted by atomic mass is 9.73.